The summed E-state index contributed by atoms with van der Waals surface area (Å²) in [6.45, 7) is 4.64. The average Bonchev–Trinajstić information content (AvgIpc) is 2.34. The van der Waals surface area contributed by atoms with Gasteiger partial charge in [-0.25, -0.2) is 0 Å². The van der Waals surface area contributed by atoms with Gasteiger partial charge in [0.05, 0.1) is 18.8 Å². The Kier molecular flexibility index (Phi) is 6.12. The van der Waals surface area contributed by atoms with Crippen molar-refractivity contribution in [2.75, 3.05) is 0 Å². The SMILES string of the molecule is CCCC[C@@H](O)[C@@H](C)OCc1ccccc1. The van der Waals surface area contributed by atoms with Gasteiger partial charge >= 0.3 is 0 Å². The normalized spacial score (nSPS) is 14.7. The van der Waals surface area contributed by atoms with Crippen molar-refractivity contribution in [2.45, 2.75) is 51.9 Å². The Morgan fingerprint density at radius 2 is 1.94 bits per heavy atom. The molecule has 0 aromatic heterocycles. The molecule has 0 aliphatic carbocycles. The molecule has 1 aromatic rings. The Labute approximate surface area is 98.3 Å². The predicted molar refractivity (Wildman–Crippen MR) is 66.2 cm³/mol. The number of hydrogen-bond donors (Lipinski definition) is 1. The second-order valence-corrected chi connectivity index (χ2v) is 4.21. The molecule has 2 atom stereocenters. The molecule has 0 aliphatic rings. The average molecular weight is 222 g/mol. The lowest BCUT2D eigenvalue weighted by molar-refractivity contribution is -0.0386. The predicted octanol–water partition coefficient (Wildman–Crippen LogP) is 3.14. The van der Waals surface area contributed by atoms with Crippen LogP contribution in [0.15, 0.2) is 30.3 Å². The molecule has 2 nitrogen and oxygen atoms in total. The van der Waals surface area contributed by atoms with Crippen molar-refractivity contribution >= 4 is 0 Å². The Balaban J connectivity index is 2.26. The maximum absolute atomic E-state index is 9.80. The third-order valence-electron chi connectivity index (χ3n) is 2.75. The van der Waals surface area contributed by atoms with Crippen molar-refractivity contribution in [3.05, 3.63) is 35.9 Å². The van der Waals surface area contributed by atoms with Crippen LogP contribution in [0, 0.1) is 0 Å². The summed E-state index contributed by atoms with van der Waals surface area (Å²) in [6.07, 6.45) is 2.56. The standard InChI is InChI=1S/C14H22O2/c1-3-4-10-14(15)12(2)16-11-13-8-6-5-7-9-13/h5-9,12,14-15H,3-4,10-11H2,1-2H3/t12-,14-/m1/s1. The van der Waals surface area contributed by atoms with Crippen molar-refractivity contribution in [1.82, 2.24) is 0 Å². The molecule has 0 unspecified atom stereocenters. The van der Waals surface area contributed by atoms with Crippen LogP contribution in [0.2, 0.25) is 0 Å². The topological polar surface area (TPSA) is 29.5 Å². The third kappa shape index (κ3) is 4.77. The minimum Gasteiger partial charge on any atom is -0.390 e. The highest BCUT2D eigenvalue weighted by atomic mass is 16.5. The van der Waals surface area contributed by atoms with E-state index in [1.807, 2.05) is 37.3 Å². The Bertz CT molecular complexity index is 271. The lowest BCUT2D eigenvalue weighted by atomic mass is 10.1. The molecule has 0 aliphatic heterocycles. The number of hydrogen-bond acceptors (Lipinski definition) is 2. The minimum absolute atomic E-state index is 0.0910. The van der Waals surface area contributed by atoms with E-state index in [1.54, 1.807) is 0 Å². The fraction of sp³-hybridized carbons (Fsp3) is 0.571. The monoisotopic (exact) mass is 222 g/mol. The van der Waals surface area contributed by atoms with E-state index in [9.17, 15) is 5.11 Å². The zero-order valence-corrected chi connectivity index (χ0v) is 10.2. The van der Waals surface area contributed by atoms with Gasteiger partial charge in [0.15, 0.2) is 0 Å². The highest BCUT2D eigenvalue weighted by Crippen LogP contribution is 2.10. The van der Waals surface area contributed by atoms with E-state index in [-0.39, 0.29) is 12.2 Å². The molecule has 1 N–H and O–H groups in total. The summed E-state index contributed by atoms with van der Waals surface area (Å²) in [5, 5.41) is 9.80. The fourth-order valence-electron chi connectivity index (χ4n) is 1.56. The lowest BCUT2D eigenvalue weighted by Crippen LogP contribution is -2.25. The molecule has 90 valence electrons. The summed E-state index contributed by atoms with van der Waals surface area (Å²) in [5.41, 5.74) is 1.15. The Hall–Kier alpha value is -0.860. The van der Waals surface area contributed by atoms with Crippen molar-refractivity contribution < 1.29 is 9.84 Å². The summed E-state index contributed by atoms with van der Waals surface area (Å²) >= 11 is 0. The molecule has 0 saturated heterocycles. The summed E-state index contributed by atoms with van der Waals surface area (Å²) in [7, 11) is 0. The summed E-state index contributed by atoms with van der Waals surface area (Å²) in [6, 6.07) is 10.0. The molecule has 1 aromatic carbocycles. The van der Waals surface area contributed by atoms with Gasteiger partial charge in [0.2, 0.25) is 0 Å². The van der Waals surface area contributed by atoms with Crippen LogP contribution in [0.1, 0.15) is 38.7 Å². The number of unbranched alkanes of at least 4 members (excludes halogenated alkanes) is 1. The van der Waals surface area contributed by atoms with Crippen molar-refractivity contribution in [3.8, 4) is 0 Å². The van der Waals surface area contributed by atoms with Gasteiger partial charge < -0.3 is 9.84 Å². The van der Waals surface area contributed by atoms with Crippen molar-refractivity contribution in [1.29, 1.82) is 0 Å². The quantitative estimate of drug-likeness (QED) is 0.768. The van der Waals surface area contributed by atoms with Gasteiger partial charge in [-0.1, -0.05) is 50.1 Å². The van der Waals surface area contributed by atoms with Crippen LogP contribution in [0.3, 0.4) is 0 Å². The molecule has 0 bridgehead atoms. The number of aliphatic hydroxyl groups is 1. The number of benzene rings is 1. The van der Waals surface area contributed by atoms with Gasteiger partial charge in [-0.15, -0.1) is 0 Å². The van der Waals surface area contributed by atoms with E-state index in [0.717, 1.165) is 24.8 Å². The second kappa shape index (κ2) is 7.42. The first kappa shape index (κ1) is 13.2. The molecule has 0 spiro atoms. The van der Waals surface area contributed by atoms with Crippen LogP contribution in [0.25, 0.3) is 0 Å². The first-order valence-electron chi connectivity index (χ1n) is 6.07. The van der Waals surface area contributed by atoms with Crippen LogP contribution >= 0.6 is 0 Å². The van der Waals surface area contributed by atoms with Crippen LogP contribution in [-0.2, 0) is 11.3 Å². The first-order chi connectivity index (χ1) is 7.74. The van der Waals surface area contributed by atoms with Gasteiger partial charge in [-0.2, -0.15) is 0 Å². The van der Waals surface area contributed by atoms with E-state index in [0.29, 0.717) is 6.61 Å². The number of ether oxygens (including phenoxy) is 1. The lowest BCUT2D eigenvalue weighted by Gasteiger charge is -2.19. The van der Waals surface area contributed by atoms with Crippen LogP contribution in [0.4, 0.5) is 0 Å². The van der Waals surface area contributed by atoms with Crippen molar-refractivity contribution in [3.63, 3.8) is 0 Å². The molecule has 1 rings (SSSR count). The summed E-state index contributed by atoms with van der Waals surface area (Å²) in [5.74, 6) is 0. The van der Waals surface area contributed by atoms with Crippen LogP contribution in [0.5, 0.6) is 0 Å². The molecule has 0 saturated carbocycles. The molecule has 0 fully saturated rings. The maximum Gasteiger partial charge on any atom is 0.0810 e. The molecular formula is C14H22O2. The van der Waals surface area contributed by atoms with E-state index >= 15 is 0 Å². The maximum atomic E-state index is 9.80. The Morgan fingerprint density at radius 1 is 1.25 bits per heavy atom. The Morgan fingerprint density at radius 3 is 2.56 bits per heavy atom. The molecular weight excluding hydrogens is 200 g/mol. The molecule has 0 amide bonds. The number of aliphatic hydroxyl groups excluding tert-OH is 1. The van der Waals surface area contributed by atoms with E-state index in [4.69, 9.17) is 4.74 Å². The fourth-order valence-corrected chi connectivity index (χ4v) is 1.56. The number of rotatable bonds is 7. The summed E-state index contributed by atoms with van der Waals surface area (Å²) < 4.78 is 5.64. The van der Waals surface area contributed by atoms with E-state index in [2.05, 4.69) is 6.92 Å². The highest BCUT2D eigenvalue weighted by molar-refractivity contribution is 5.13. The van der Waals surface area contributed by atoms with Gasteiger partial charge in [0.25, 0.3) is 0 Å². The minimum atomic E-state index is -0.344. The van der Waals surface area contributed by atoms with Crippen LogP contribution < -0.4 is 0 Å². The van der Waals surface area contributed by atoms with Gasteiger partial charge in [0.1, 0.15) is 0 Å². The highest BCUT2D eigenvalue weighted by Gasteiger charge is 2.13. The van der Waals surface area contributed by atoms with Crippen molar-refractivity contribution in [2.24, 2.45) is 0 Å². The summed E-state index contributed by atoms with van der Waals surface area (Å²) in [4.78, 5) is 0. The molecule has 16 heavy (non-hydrogen) atoms. The van der Waals surface area contributed by atoms with E-state index in [1.165, 1.54) is 0 Å². The molecule has 0 radical (unpaired) electrons. The molecule has 0 heterocycles. The van der Waals surface area contributed by atoms with Gasteiger partial charge in [-0.3, -0.25) is 0 Å². The first-order valence-corrected chi connectivity index (χ1v) is 6.07. The second-order valence-electron chi connectivity index (χ2n) is 4.21. The molecule has 2 heteroatoms. The van der Waals surface area contributed by atoms with E-state index < -0.39 is 0 Å². The largest absolute Gasteiger partial charge is 0.390 e. The van der Waals surface area contributed by atoms with Gasteiger partial charge in [-0.05, 0) is 18.9 Å². The zero-order chi connectivity index (χ0) is 11.8. The van der Waals surface area contributed by atoms with Gasteiger partial charge in [0, 0.05) is 0 Å². The third-order valence-corrected chi connectivity index (χ3v) is 2.75. The van der Waals surface area contributed by atoms with Crippen LogP contribution in [-0.4, -0.2) is 17.3 Å². The zero-order valence-electron chi connectivity index (χ0n) is 10.2. The smallest absolute Gasteiger partial charge is 0.0810 e.